The molecule has 1 aromatic rings. The van der Waals surface area contributed by atoms with E-state index >= 15 is 0 Å². The van der Waals surface area contributed by atoms with Gasteiger partial charge in [0.2, 0.25) is 0 Å². The van der Waals surface area contributed by atoms with Crippen LogP contribution in [0.1, 0.15) is 31.2 Å². The van der Waals surface area contributed by atoms with E-state index in [4.69, 9.17) is 11.6 Å². The number of rotatable bonds is 4. The molecule has 0 spiro atoms. The predicted molar refractivity (Wildman–Crippen MR) is 85.6 cm³/mol. The van der Waals surface area contributed by atoms with Crippen LogP contribution in [0, 0.1) is 0 Å². The topological polar surface area (TPSA) is 12.0 Å². The summed E-state index contributed by atoms with van der Waals surface area (Å²) in [5, 5.41) is 5.25. The van der Waals surface area contributed by atoms with Gasteiger partial charge in [-0.15, -0.1) is 0 Å². The highest BCUT2D eigenvalue weighted by Gasteiger charge is 2.23. The van der Waals surface area contributed by atoms with Crippen LogP contribution < -0.4 is 5.32 Å². The molecule has 4 heteroatoms. The van der Waals surface area contributed by atoms with Crippen LogP contribution in [0.5, 0.6) is 0 Å². The van der Waals surface area contributed by atoms with Gasteiger partial charge >= 0.3 is 0 Å². The molecule has 100 valence electrons. The number of nitrogens with one attached hydrogen (secondary N) is 1. The van der Waals surface area contributed by atoms with Crippen LogP contribution in [0.2, 0.25) is 5.02 Å². The van der Waals surface area contributed by atoms with Gasteiger partial charge in [0.1, 0.15) is 0 Å². The molecule has 1 saturated carbocycles. The molecule has 0 bridgehead atoms. The fourth-order valence-corrected chi connectivity index (χ4v) is 4.02. The molecule has 1 nitrogen and oxygen atoms in total. The maximum absolute atomic E-state index is 6.00. The minimum Gasteiger partial charge on any atom is -0.309 e. The van der Waals surface area contributed by atoms with Crippen molar-refractivity contribution < 1.29 is 0 Å². The molecule has 2 rings (SSSR count). The van der Waals surface area contributed by atoms with E-state index in [0.717, 1.165) is 21.3 Å². The Labute approximate surface area is 127 Å². The molecule has 1 N–H and O–H groups in total. The van der Waals surface area contributed by atoms with E-state index in [1.807, 2.05) is 17.8 Å². The van der Waals surface area contributed by atoms with Crippen molar-refractivity contribution in [3.8, 4) is 0 Å². The van der Waals surface area contributed by atoms with Crippen LogP contribution in [-0.2, 0) is 6.54 Å². The minimum atomic E-state index is 0.656. The normalized spacial score (nSPS) is 24.2. The Balaban J connectivity index is 1.91. The van der Waals surface area contributed by atoms with Crippen molar-refractivity contribution >= 4 is 39.3 Å². The van der Waals surface area contributed by atoms with E-state index in [9.17, 15) is 0 Å². The zero-order valence-corrected chi connectivity index (χ0v) is 13.7. The summed E-state index contributed by atoms with van der Waals surface area (Å²) >= 11 is 11.5. The van der Waals surface area contributed by atoms with Crippen molar-refractivity contribution in [3.05, 3.63) is 33.3 Å². The number of benzene rings is 1. The summed E-state index contributed by atoms with van der Waals surface area (Å²) in [7, 11) is 0. The van der Waals surface area contributed by atoms with Gasteiger partial charge in [-0.3, -0.25) is 0 Å². The predicted octanol–water partition coefficient (Wildman–Crippen LogP) is 4.87. The smallest absolute Gasteiger partial charge is 0.0548 e. The van der Waals surface area contributed by atoms with E-state index in [1.165, 1.54) is 31.2 Å². The van der Waals surface area contributed by atoms with Gasteiger partial charge in [-0.25, -0.2) is 0 Å². The standard InChI is InChI=1S/C14H19BrClNS/c1-18-14-5-3-2-4-13(14)17-9-10-6-7-12(16)11(15)8-10/h6-8,13-14,17H,2-5,9H2,1H3. The van der Waals surface area contributed by atoms with Crippen LogP contribution in [0.25, 0.3) is 0 Å². The second kappa shape index (κ2) is 7.18. The third kappa shape index (κ3) is 3.89. The average Bonchev–Trinajstić information content (AvgIpc) is 2.40. The first kappa shape index (κ1) is 14.7. The molecule has 2 atom stereocenters. The Bertz CT molecular complexity index is 399. The first-order chi connectivity index (χ1) is 8.70. The number of thioether (sulfide) groups is 1. The summed E-state index contributed by atoms with van der Waals surface area (Å²) in [6.45, 7) is 0.928. The largest absolute Gasteiger partial charge is 0.309 e. The highest BCUT2D eigenvalue weighted by molar-refractivity contribution is 9.10. The van der Waals surface area contributed by atoms with Gasteiger partial charge in [0, 0.05) is 22.3 Å². The Hall–Kier alpha value is 0.300. The van der Waals surface area contributed by atoms with Crippen LogP contribution in [-0.4, -0.2) is 17.5 Å². The molecular formula is C14H19BrClNS. The van der Waals surface area contributed by atoms with Crippen molar-refractivity contribution in [2.75, 3.05) is 6.26 Å². The second-order valence-electron chi connectivity index (χ2n) is 4.79. The van der Waals surface area contributed by atoms with E-state index < -0.39 is 0 Å². The van der Waals surface area contributed by atoms with Gasteiger partial charge in [0.15, 0.2) is 0 Å². The molecule has 1 fully saturated rings. The molecular weight excluding hydrogens is 330 g/mol. The first-order valence-electron chi connectivity index (χ1n) is 6.41. The molecule has 0 radical (unpaired) electrons. The Morgan fingerprint density at radius 3 is 2.89 bits per heavy atom. The lowest BCUT2D eigenvalue weighted by atomic mass is 9.94. The zero-order chi connectivity index (χ0) is 13.0. The zero-order valence-electron chi connectivity index (χ0n) is 10.6. The fraction of sp³-hybridized carbons (Fsp3) is 0.571. The molecule has 1 aliphatic carbocycles. The Morgan fingerprint density at radius 2 is 2.17 bits per heavy atom. The summed E-state index contributed by atoms with van der Waals surface area (Å²) < 4.78 is 0.980. The fourth-order valence-electron chi connectivity index (χ4n) is 2.51. The van der Waals surface area contributed by atoms with E-state index in [0.29, 0.717) is 6.04 Å². The third-order valence-corrected chi connectivity index (χ3v) is 5.94. The van der Waals surface area contributed by atoms with Crippen LogP contribution in [0.4, 0.5) is 0 Å². The maximum atomic E-state index is 6.00. The summed E-state index contributed by atoms with van der Waals surface area (Å²) in [6, 6.07) is 6.81. The highest BCUT2D eigenvalue weighted by Crippen LogP contribution is 2.28. The molecule has 2 unspecified atom stereocenters. The second-order valence-corrected chi connectivity index (χ2v) is 7.13. The maximum Gasteiger partial charge on any atom is 0.0548 e. The van der Waals surface area contributed by atoms with Gasteiger partial charge in [-0.05, 0) is 52.7 Å². The van der Waals surface area contributed by atoms with Crippen molar-refractivity contribution in [1.29, 1.82) is 0 Å². The lowest BCUT2D eigenvalue weighted by Crippen LogP contribution is -2.39. The summed E-state index contributed by atoms with van der Waals surface area (Å²) in [4.78, 5) is 0. The summed E-state index contributed by atoms with van der Waals surface area (Å²) in [5.74, 6) is 0. The number of hydrogen-bond donors (Lipinski definition) is 1. The van der Waals surface area contributed by atoms with Crippen molar-refractivity contribution in [2.24, 2.45) is 0 Å². The lowest BCUT2D eigenvalue weighted by Gasteiger charge is -2.31. The Kier molecular flexibility index (Phi) is 5.87. The highest BCUT2D eigenvalue weighted by atomic mass is 79.9. The molecule has 0 amide bonds. The molecule has 0 aromatic heterocycles. The van der Waals surface area contributed by atoms with Crippen molar-refractivity contribution in [1.82, 2.24) is 5.32 Å². The molecule has 1 aromatic carbocycles. The van der Waals surface area contributed by atoms with Gasteiger partial charge < -0.3 is 5.32 Å². The monoisotopic (exact) mass is 347 g/mol. The van der Waals surface area contributed by atoms with Gasteiger partial charge in [-0.1, -0.05) is 30.5 Å². The van der Waals surface area contributed by atoms with E-state index in [2.05, 4.69) is 39.6 Å². The lowest BCUT2D eigenvalue weighted by molar-refractivity contribution is 0.383. The van der Waals surface area contributed by atoms with Crippen LogP contribution >= 0.6 is 39.3 Å². The Morgan fingerprint density at radius 1 is 1.39 bits per heavy atom. The molecule has 0 aliphatic heterocycles. The van der Waals surface area contributed by atoms with E-state index in [-0.39, 0.29) is 0 Å². The van der Waals surface area contributed by atoms with Crippen LogP contribution in [0.3, 0.4) is 0 Å². The molecule has 0 heterocycles. The summed E-state index contributed by atoms with van der Waals surface area (Å²) in [5.41, 5.74) is 1.29. The molecule has 18 heavy (non-hydrogen) atoms. The van der Waals surface area contributed by atoms with Gasteiger partial charge in [0.05, 0.1) is 5.02 Å². The van der Waals surface area contributed by atoms with Gasteiger partial charge in [-0.2, -0.15) is 11.8 Å². The molecule has 0 saturated heterocycles. The third-order valence-electron chi connectivity index (χ3n) is 3.56. The SMILES string of the molecule is CSC1CCCCC1NCc1ccc(Cl)c(Br)c1. The average molecular weight is 349 g/mol. The quantitative estimate of drug-likeness (QED) is 0.833. The number of hydrogen-bond acceptors (Lipinski definition) is 2. The first-order valence-corrected chi connectivity index (χ1v) is 8.86. The number of halogens is 2. The van der Waals surface area contributed by atoms with Crippen LogP contribution in [0.15, 0.2) is 22.7 Å². The minimum absolute atomic E-state index is 0.656. The van der Waals surface area contributed by atoms with E-state index in [1.54, 1.807) is 0 Å². The van der Waals surface area contributed by atoms with Crippen molar-refractivity contribution in [3.63, 3.8) is 0 Å². The van der Waals surface area contributed by atoms with Crippen molar-refractivity contribution in [2.45, 2.75) is 43.5 Å². The summed E-state index contributed by atoms with van der Waals surface area (Å²) in [6.07, 6.45) is 7.63. The van der Waals surface area contributed by atoms with Gasteiger partial charge in [0.25, 0.3) is 0 Å². The molecule has 1 aliphatic rings.